The molecule has 1 aromatic rings. The number of aromatic nitrogens is 1. The molecule has 0 aliphatic carbocycles. The van der Waals surface area contributed by atoms with E-state index in [1.807, 2.05) is 32.9 Å². The predicted molar refractivity (Wildman–Crippen MR) is 88.0 cm³/mol. The third-order valence-electron chi connectivity index (χ3n) is 3.51. The van der Waals surface area contributed by atoms with Gasteiger partial charge in [0, 0.05) is 26.2 Å². The summed E-state index contributed by atoms with van der Waals surface area (Å²) in [6.07, 6.45) is 1.21. The van der Waals surface area contributed by atoms with Crippen molar-refractivity contribution >= 4 is 11.5 Å². The number of ether oxygens (including phenoxy) is 1. The molecule has 0 radical (unpaired) electrons. The van der Waals surface area contributed by atoms with Crippen molar-refractivity contribution in [2.75, 3.05) is 43.4 Å². The van der Waals surface area contributed by atoms with Crippen molar-refractivity contribution in [3.8, 4) is 5.88 Å². The number of rotatable bonds is 4. The van der Waals surface area contributed by atoms with Gasteiger partial charge in [0.15, 0.2) is 0 Å². The average Bonchev–Trinajstić information content (AvgIpc) is 2.41. The Labute approximate surface area is 128 Å². The predicted octanol–water partition coefficient (Wildman–Crippen LogP) is 2.37. The number of hydrogen-bond acceptors (Lipinski definition) is 5. The molecule has 0 amide bonds. The van der Waals surface area contributed by atoms with Gasteiger partial charge in [-0.1, -0.05) is 6.92 Å². The summed E-state index contributed by atoms with van der Waals surface area (Å²) in [6.45, 7) is 13.6. The van der Waals surface area contributed by atoms with Gasteiger partial charge in [0.2, 0.25) is 5.88 Å². The molecule has 2 heterocycles. The minimum absolute atomic E-state index is 0.292. The molecule has 1 saturated heterocycles. The zero-order chi connectivity index (χ0) is 15.5. The van der Waals surface area contributed by atoms with E-state index in [1.165, 1.54) is 13.0 Å². The highest BCUT2D eigenvalue weighted by Crippen LogP contribution is 2.26. The third kappa shape index (κ3) is 4.49. The lowest BCUT2D eigenvalue weighted by molar-refractivity contribution is 0.125. The molecule has 1 aliphatic rings. The molecule has 0 aromatic carbocycles. The van der Waals surface area contributed by atoms with Crippen molar-refractivity contribution in [2.24, 2.45) is 0 Å². The van der Waals surface area contributed by atoms with Gasteiger partial charge < -0.3 is 15.4 Å². The van der Waals surface area contributed by atoms with Crippen molar-refractivity contribution in [2.45, 2.75) is 39.7 Å². The molecule has 118 valence electrons. The highest BCUT2D eigenvalue weighted by molar-refractivity contribution is 5.55. The molecule has 21 heavy (non-hydrogen) atoms. The minimum atomic E-state index is -0.292. The Balaban J connectivity index is 2.06. The molecule has 0 saturated carbocycles. The lowest BCUT2D eigenvalue weighted by Crippen LogP contribution is -2.46. The average molecular weight is 292 g/mol. The van der Waals surface area contributed by atoms with Crippen molar-refractivity contribution in [3.05, 3.63) is 12.1 Å². The van der Waals surface area contributed by atoms with Crippen molar-refractivity contribution < 1.29 is 4.74 Å². The minimum Gasteiger partial charge on any atom is -0.470 e. The van der Waals surface area contributed by atoms with Crippen molar-refractivity contribution in [1.29, 1.82) is 0 Å². The summed E-state index contributed by atoms with van der Waals surface area (Å²) in [5, 5.41) is 0. The fourth-order valence-corrected chi connectivity index (χ4v) is 2.51. The van der Waals surface area contributed by atoms with Crippen LogP contribution in [0.25, 0.3) is 0 Å². The molecule has 1 aliphatic heterocycles. The van der Waals surface area contributed by atoms with Gasteiger partial charge in [-0.15, -0.1) is 0 Å². The maximum absolute atomic E-state index is 5.97. The maximum Gasteiger partial charge on any atom is 0.239 e. The largest absolute Gasteiger partial charge is 0.470 e. The van der Waals surface area contributed by atoms with E-state index in [9.17, 15) is 0 Å². The second-order valence-corrected chi connectivity index (χ2v) is 6.61. The number of nitrogen functional groups attached to an aromatic ring is 1. The van der Waals surface area contributed by atoms with E-state index in [0.29, 0.717) is 11.6 Å². The number of nitrogens with two attached hydrogens (primary N) is 1. The van der Waals surface area contributed by atoms with Crippen LogP contribution in [-0.4, -0.2) is 48.2 Å². The summed E-state index contributed by atoms with van der Waals surface area (Å²) in [5.74, 6) is 1.50. The zero-order valence-corrected chi connectivity index (χ0v) is 13.7. The fourth-order valence-electron chi connectivity index (χ4n) is 2.51. The molecule has 5 nitrogen and oxygen atoms in total. The zero-order valence-electron chi connectivity index (χ0n) is 13.7. The van der Waals surface area contributed by atoms with Gasteiger partial charge in [-0.25, -0.2) is 0 Å². The van der Waals surface area contributed by atoms with Gasteiger partial charge in [0.1, 0.15) is 11.4 Å². The number of anilines is 2. The highest BCUT2D eigenvalue weighted by atomic mass is 16.5. The Kier molecular flexibility index (Phi) is 4.93. The van der Waals surface area contributed by atoms with Crippen LogP contribution in [-0.2, 0) is 0 Å². The summed E-state index contributed by atoms with van der Waals surface area (Å²) in [7, 11) is 0. The Morgan fingerprint density at radius 1 is 1.19 bits per heavy atom. The number of piperazine rings is 1. The summed E-state index contributed by atoms with van der Waals surface area (Å²) in [5.41, 5.74) is 6.28. The Morgan fingerprint density at radius 3 is 2.43 bits per heavy atom. The molecular weight excluding hydrogens is 264 g/mol. The van der Waals surface area contributed by atoms with Crippen LogP contribution < -0.4 is 15.4 Å². The Bertz CT molecular complexity index is 462. The van der Waals surface area contributed by atoms with Crippen LogP contribution in [0.1, 0.15) is 34.1 Å². The molecule has 0 bridgehead atoms. The van der Waals surface area contributed by atoms with Gasteiger partial charge >= 0.3 is 0 Å². The summed E-state index contributed by atoms with van der Waals surface area (Å²) in [4.78, 5) is 9.42. The highest BCUT2D eigenvalue weighted by Gasteiger charge is 2.20. The Hall–Kier alpha value is -1.49. The van der Waals surface area contributed by atoms with Crippen LogP contribution in [0.4, 0.5) is 11.5 Å². The summed E-state index contributed by atoms with van der Waals surface area (Å²) in [6, 6.07) is 3.88. The molecule has 5 heteroatoms. The third-order valence-corrected chi connectivity index (χ3v) is 3.51. The number of nitrogens with zero attached hydrogens (tertiary/aromatic N) is 3. The molecular formula is C16H28N4O. The lowest BCUT2D eigenvalue weighted by Gasteiger charge is -2.35. The van der Waals surface area contributed by atoms with Crippen LogP contribution in [0, 0.1) is 0 Å². The van der Waals surface area contributed by atoms with Gasteiger partial charge in [-0.3, -0.25) is 4.90 Å². The van der Waals surface area contributed by atoms with E-state index in [4.69, 9.17) is 10.5 Å². The number of pyridine rings is 1. The fraction of sp³-hybridized carbons (Fsp3) is 0.688. The maximum atomic E-state index is 5.97. The summed E-state index contributed by atoms with van der Waals surface area (Å²) >= 11 is 0. The van der Waals surface area contributed by atoms with Gasteiger partial charge in [0.25, 0.3) is 0 Å². The van der Waals surface area contributed by atoms with Crippen LogP contribution >= 0.6 is 0 Å². The standard InChI is InChI=1S/C16H28N4O/c1-5-8-19-9-11-20(12-10-19)14-7-6-13(17)15(18-14)21-16(2,3)4/h6-7H,5,8-12,17H2,1-4H3. The molecule has 1 aromatic heterocycles. The molecule has 0 unspecified atom stereocenters. The van der Waals surface area contributed by atoms with Crippen LogP contribution in [0.15, 0.2) is 12.1 Å². The molecule has 0 atom stereocenters. The molecule has 1 fully saturated rings. The second-order valence-electron chi connectivity index (χ2n) is 6.61. The van der Waals surface area contributed by atoms with E-state index < -0.39 is 0 Å². The van der Waals surface area contributed by atoms with E-state index >= 15 is 0 Å². The van der Waals surface area contributed by atoms with Crippen molar-refractivity contribution in [1.82, 2.24) is 9.88 Å². The van der Waals surface area contributed by atoms with Crippen molar-refractivity contribution in [3.63, 3.8) is 0 Å². The van der Waals surface area contributed by atoms with Gasteiger partial charge in [0.05, 0.1) is 5.69 Å². The second kappa shape index (κ2) is 6.52. The first-order chi connectivity index (χ1) is 9.89. The monoisotopic (exact) mass is 292 g/mol. The van der Waals surface area contributed by atoms with E-state index in [-0.39, 0.29) is 5.60 Å². The smallest absolute Gasteiger partial charge is 0.239 e. The van der Waals surface area contributed by atoms with Crippen LogP contribution in [0.2, 0.25) is 0 Å². The van der Waals surface area contributed by atoms with Crippen LogP contribution in [0.3, 0.4) is 0 Å². The van der Waals surface area contributed by atoms with Crippen LogP contribution in [0.5, 0.6) is 5.88 Å². The van der Waals surface area contributed by atoms with Gasteiger partial charge in [-0.2, -0.15) is 4.98 Å². The first-order valence-corrected chi connectivity index (χ1v) is 7.82. The molecule has 0 spiro atoms. The quantitative estimate of drug-likeness (QED) is 0.923. The first kappa shape index (κ1) is 15.9. The van der Waals surface area contributed by atoms with E-state index in [0.717, 1.165) is 32.0 Å². The molecule has 2 rings (SSSR count). The summed E-state index contributed by atoms with van der Waals surface area (Å²) < 4.78 is 5.85. The number of hydrogen-bond donors (Lipinski definition) is 1. The van der Waals surface area contributed by atoms with E-state index in [1.54, 1.807) is 0 Å². The molecule has 2 N–H and O–H groups in total. The topological polar surface area (TPSA) is 54.6 Å². The normalized spacial score (nSPS) is 17.0. The van der Waals surface area contributed by atoms with E-state index in [2.05, 4.69) is 21.7 Å². The lowest BCUT2D eigenvalue weighted by atomic mass is 10.2. The Morgan fingerprint density at radius 2 is 1.86 bits per heavy atom. The van der Waals surface area contributed by atoms with Gasteiger partial charge in [-0.05, 0) is 45.9 Å². The first-order valence-electron chi connectivity index (χ1n) is 7.82. The SMILES string of the molecule is CCCN1CCN(c2ccc(N)c(OC(C)(C)C)n2)CC1.